The van der Waals surface area contributed by atoms with Crippen molar-refractivity contribution in [3.63, 3.8) is 0 Å². The predicted molar refractivity (Wildman–Crippen MR) is 84.2 cm³/mol. The van der Waals surface area contributed by atoms with E-state index in [1.165, 1.54) is 6.42 Å². The van der Waals surface area contributed by atoms with Crippen LogP contribution < -0.4 is 0 Å². The van der Waals surface area contributed by atoms with E-state index < -0.39 is 0 Å². The Morgan fingerprint density at radius 2 is 2.15 bits per heavy atom. The molecule has 2 heterocycles. The number of alkyl halides is 1. The maximum atomic E-state index is 12.9. The van der Waals surface area contributed by atoms with Crippen molar-refractivity contribution in [1.82, 2.24) is 9.88 Å². The number of nitrogens with zero attached hydrogens (tertiary/aromatic N) is 2. The van der Waals surface area contributed by atoms with E-state index in [2.05, 4.69) is 20.9 Å². The van der Waals surface area contributed by atoms with Gasteiger partial charge < -0.3 is 4.90 Å². The molecule has 3 nitrogen and oxygen atoms in total. The summed E-state index contributed by atoms with van der Waals surface area (Å²) in [6, 6.07) is 9.98. The molecule has 20 heavy (non-hydrogen) atoms. The second-order valence-corrected chi connectivity index (χ2v) is 5.83. The summed E-state index contributed by atoms with van der Waals surface area (Å²) < 4.78 is 0. The lowest BCUT2D eigenvalue weighted by atomic mass is 10.0. The molecule has 1 aliphatic heterocycles. The molecule has 1 aromatic carbocycles. The summed E-state index contributed by atoms with van der Waals surface area (Å²) >= 11 is 3.54. The largest absolute Gasteiger partial charge is 0.335 e. The molecule has 0 bridgehead atoms. The first kappa shape index (κ1) is 13.6. The summed E-state index contributed by atoms with van der Waals surface area (Å²) in [5.74, 6) is 0.132. The van der Waals surface area contributed by atoms with Gasteiger partial charge in [-0.25, -0.2) is 0 Å². The Hall–Kier alpha value is -1.42. The molecule has 1 saturated heterocycles. The highest BCUT2D eigenvalue weighted by molar-refractivity contribution is 9.09. The molecule has 0 spiro atoms. The van der Waals surface area contributed by atoms with Gasteiger partial charge in [0.25, 0.3) is 5.91 Å². The number of piperidine rings is 1. The summed E-state index contributed by atoms with van der Waals surface area (Å²) in [6.45, 7) is 0.853. The third-order valence-electron chi connectivity index (χ3n) is 3.95. The number of benzene rings is 1. The third kappa shape index (κ3) is 2.44. The minimum absolute atomic E-state index is 0.132. The molecule has 1 unspecified atom stereocenters. The predicted octanol–water partition coefficient (Wildman–Crippen LogP) is 3.62. The number of hydrogen-bond donors (Lipinski definition) is 0. The van der Waals surface area contributed by atoms with E-state index in [9.17, 15) is 4.79 Å². The van der Waals surface area contributed by atoms with Crippen LogP contribution in [0.5, 0.6) is 0 Å². The van der Waals surface area contributed by atoms with E-state index >= 15 is 0 Å². The number of carbonyl (C=O) groups is 1. The Morgan fingerprint density at radius 1 is 1.30 bits per heavy atom. The molecule has 104 valence electrons. The number of pyridine rings is 1. The molecule has 0 aliphatic carbocycles. The maximum Gasteiger partial charge on any atom is 0.254 e. The molecule has 0 N–H and O–H groups in total. The fourth-order valence-electron chi connectivity index (χ4n) is 2.87. The molecule has 0 radical (unpaired) electrons. The standard InChI is InChI=1S/C16H17BrN2O/c17-11-12-5-3-4-10-19(12)16(20)14-8-9-18-15-7-2-1-6-13(14)15/h1-2,6-9,12H,3-5,10-11H2. The molecule has 0 saturated carbocycles. The number of rotatable bonds is 2. The van der Waals surface area contributed by atoms with Crippen molar-refractivity contribution in [2.75, 3.05) is 11.9 Å². The van der Waals surface area contributed by atoms with Gasteiger partial charge in [-0.2, -0.15) is 0 Å². The molecule has 1 aromatic heterocycles. The van der Waals surface area contributed by atoms with Crippen LogP contribution in [0, 0.1) is 0 Å². The number of fused-ring (bicyclic) bond motifs is 1. The summed E-state index contributed by atoms with van der Waals surface area (Å²) in [5, 5.41) is 1.79. The van der Waals surface area contributed by atoms with Gasteiger partial charge in [0.05, 0.1) is 11.1 Å². The molecule has 1 atom stereocenters. The van der Waals surface area contributed by atoms with E-state index in [-0.39, 0.29) is 5.91 Å². The van der Waals surface area contributed by atoms with E-state index in [0.29, 0.717) is 6.04 Å². The number of carbonyl (C=O) groups excluding carboxylic acids is 1. The van der Waals surface area contributed by atoms with Crippen molar-refractivity contribution in [3.05, 3.63) is 42.1 Å². The van der Waals surface area contributed by atoms with Crippen LogP contribution in [0.15, 0.2) is 36.5 Å². The number of likely N-dealkylation sites (tertiary alicyclic amines) is 1. The Kier molecular flexibility index (Phi) is 4.01. The summed E-state index contributed by atoms with van der Waals surface area (Å²) in [4.78, 5) is 19.2. The molecule has 4 heteroatoms. The number of hydrogen-bond acceptors (Lipinski definition) is 2. The average molecular weight is 333 g/mol. The Balaban J connectivity index is 1.99. The summed E-state index contributed by atoms with van der Waals surface area (Å²) in [6.07, 6.45) is 5.11. The van der Waals surface area contributed by atoms with Gasteiger partial charge in [-0.3, -0.25) is 9.78 Å². The zero-order valence-electron chi connectivity index (χ0n) is 11.3. The van der Waals surface area contributed by atoms with E-state index in [4.69, 9.17) is 0 Å². The monoisotopic (exact) mass is 332 g/mol. The molecule has 3 rings (SSSR count). The first-order chi connectivity index (χ1) is 9.81. The average Bonchev–Trinajstić information content (AvgIpc) is 2.53. The van der Waals surface area contributed by atoms with Crippen LogP contribution in [0.25, 0.3) is 10.9 Å². The summed E-state index contributed by atoms with van der Waals surface area (Å²) in [5.41, 5.74) is 1.65. The first-order valence-electron chi connectivity index (χ1n) is 7.02. The Morgan fingerprint density at radius 3 is 3.00 bits per heavy atom. The lowest BCUT2D eigenvalue weighted by molar-refractivity contribution is 0.0644. The molecule has 1 fully saturated rings. The fraction of sp³-hybridized carbons (Fsp3) is 0.375. The van der Waals surface area contributed by atoms with Gasteiger partial charge >= 0.3 is 0 Å². The van der Waals surface area contributed by atoms with Gasteiger partial charge in [0, 0.05) is 29.5 Å². The van der Waals surface area contributed by atoms with Crippen LogP contribution in [0.2, 0.25) is 0 Å². The van der Waals surface area contributed by atoms with Gasteiger partial charge in [0.2, 0.25) is 0 Å². The minimum Gasteiger partial charge on any atom is -0.335 e. The van der Waals surface area contributed by atoms with E-state index in [0.717, 1.165) is 41.2 Å². The Labute approximate surface area is 127 Å². The van der Waals surface area contributed by atoms with Crippen molar-refractivity contribution < 1.29 is 4.79 Å². The van der Waals surface area contributed by atoms with Gasteiger partial charge in [0.1, 0.15) is 0 Å². The van der Waals surface area contributed by atoms with Crippen molar-refractivity contribution in [3.8, 4) is 0 Å². The van der Waals surface area contributed by atoms with Crippen molar-refractivity contribution >= 4 is 32.7 Å². The van der Waals surface area contributed by atoms with Gasteiger partial charge in [-0.05, 0) is 31.4 Å². The highest BCUT2D eigenvalue weighted by atomic mass is 79.9. The van der Waals surface area contributed by atoms with Crippen LogP contribution in [-0.4, -0.2) is 33.7 Å². The normalized spacial score (nSPS) is 19.2. The highest BCUT2D eigenvalue weighted by Crippen LogP contribution is 2.24. The zero-order valence-corrected chi connectivity index (χ0v) is 12.8. The fourth-order valence-corrected chi connectivity index (χ4v) is 3.54. The number of para-hydroxylation sites is 1. The zero-order chi connectivity index (χ0) is 13.9. The quantitative estimate of drug-likeness (QED) is 0.787. The molecular formula is C16H17BrN2O. The van der Waals surface area contributed by atoms with Gasteiger partial charge in [-0.15, -0.1) is 0 Å². The van der Waals surface area contributed by atoms with Crippen molar-refractivity contribution in [2.24, 2.45) is 0 Å². The number of amides is 1. The molecule has 1 aliphatic rings. The van der Waals surface area contributed by atoms with Crippen LogP contribution >= 0.6 is 15.9 Å². The Bertz CT molecular complexity index is 623. The smallest absolute Gasteiger partial charge is 0.254 e. The van der Waals surface area contributed by atoms with Gasteiger partial charge in [0.15, 0.2) is 0 Å². The van der Waals surface area contributed by atoms with Crippen LogP contribution in [0.3, 0.4) is 0 Å². The van der Waals surface area contributed by atoms with E-state index in [1.54, 1.807) is 6.20 Å². The second-order valence-electron chi connectivity index (χ2n) is 5.18. The van der Waals surface area contributed by atoms with Gasteiger partial charge in [-0.1, -0.05) is 34.1 Å². The third-order valence-corrected chi connectivity index (χ3v) is 4.69. The van der Waals surface area contributed by atoms with Crippen LogP contribution in [0.1, 0.15) is 29.6 Å². The van der Waals surface area contributed by atoms with Crippen LogP contribution in [0.4, 0.5) is 0 Å². The first-order valence-corrected chi connectivity index (χ1v) is 8.14. The van der Waals surface area contributed by atoms with Crippen molar-refractivity contribution in [1.29, 1.82) is 0 Å². The lowest BCUT2D eigenvalue weighted by Crippen LogP contribution is -2.44. The molecular weight excluding hydrogens is 316 g/mol. The maximum absolute atomic E-state index is 12.9. The van der Waals surface area contributed by atoms with Crippen LogP contribution in [-0.2, 0) is 0 Å². The second kappa shape index (κ2) is 5.92. The molecule has 2 aromatic rings. The number of aromatic nitrogens is 1. The number of halogens is 1. The minimum atomic E-state index is 0.132. The topological polar surface area (TPSA) is 33.2 Å². The summed E-state index contributed by atoms with van der Waals surface area (Å²) in [7, 11) is 0. The highest BCUT2D eigenvalue weighted by Gasteiger charge is 2.27. The molecule has 1 amide bonds. The lowest BCUT2D eigenvalue weighted by Gasteiger charge is -2.35. The van der Waals surface area contributed by atoms with Crippen molar-refractivity contribution in [2.45, 2.75) is 25.3 Å². The SMILES string of the molecule is O=C(c1ccnc2ccccc12)N1CCCCC1CBr. The van der Waals surface area contributed by atoms with E-state index in [1.807, 2.05) is 35.2 Å².